The Morgan fingerprint density at radius 3 is 2.64 bits per heavy atom. The van der Waals surface area contributed by atoms with Crippen LogP contribution in [0, 0.1) is 6.92 Å². The SMILES string of the molecule is Cc1cc(C(=O)Nc2ccccc2OCCCc2ccccc2)on1. The number of carbonyl (C=O) groups excluding carboxylic acids is 1. The van der Waals surface area contributed by atoms with Gasteiger partial charge in [0.2, 0.25) is 5.76 Å². The number of hydrogen-bond donors (Lipinski definition) is 1. The van der Waals surface area contributed by atoms with Crippen LogP contribution in [0.3, 0.4) is 0 Å². The first-order valence-corrected chi connectivity index (χ1v) is 8.23. The first-order valence-electron chi connectivity index (χ1n) is 8.23. The zero-order chi connectivity index (χ0) is 17.5. The fourth-order valence-corrected chi connectivity index (χ4v) is 2.45. The molecule has 1 amide bonds. The van der Waals surface area contributed by atoms with E-state index in [1.807, 2.05) is 36.4 Å². The zero-order valence-corrected chi connectivity index (χ0v) is 14.1. The molecule has 3 aromatic rings. The predicted octanol–water partition coefficient (Wildman–Crippen LogP) is 4.25. The van der Waals surface area contributed by atoms with Gasteiger partial charge < -0.3 is 14.6 Å². The van der Waals surface area contributed by atoms with Crippen LogP contribution >= 0.6 is 0 Å². The van der Waals surface area contributed by atoms with Gasteiger partial charge in [0.15, 0.2) is 0 Å². The summed E-state index contributed by atoms with van der Waals surface area (Å²) in [5.74, 6) is 0.470. The van der Waals surface area contributed by atoms with Crippen LogP contribution in [0.15, 0.2) is 65.2 Å². The molecule has 0 aliphatic rings. The number of aromatic nitrogens is 1. The highest BCUT2D eigenvalue weighted by molar-refractivity contribution is 6.03. The van der Waals surface area contributed by atoms with Crippen molar-refractivity contribution in [2.75, 3.05) is 11.9 Å². The van der Waals surface area contributed by atoms with Crippen molar-refractivity contribution in [3.63, 3.8) is 0 Å². The molecular formula is C20H20N2O3. The average Bonchev–Trinajstić information content (AvgIpc) is 3.07. The molecule has 25 heavy (non-hydrogen) atoms. The van der Waals surface area contributed by atoms with Crippen LogP contribution < -0.4 is 10.1 Å². The van der Waals surface area contributed by atoms with Crippen LogP contribution in [0.2, 0.25) is 0 Å². The van der Waals surface area contributed by atoms with Crippen molar-refractivity contribution in [2.24, 2.45) is 0 Å². The number of para-hydroxylation sites is 2. The highest BCUT2D eigenvalue weighted by Gasteiger charge is 2.14. The normalized spacial score (nSPS) is 10.4. The second-order valence-electron chi connectivity index (χ2n) is 5.72. The highest BCUT2D eigenvalue weighted by Crippen LogP contribution is 2.24. The Morgan fingerprint density at radius 2 is 1.88 bits per heavy atom. The van der Waals surface area contributed by atoms with E-state index in [0.29, 0.717) is 23.7 Å². The van der Waals surface area contributed by atoms with Gasteiger partial charge in [0.05, 0.1) is 18.0 Å². The number of anilines is 1. The average molecular weight is 336 g/mol. The number of rotatable bonds is 7. The molecule has 0 saturated carbocycles. The molecule has 128 valence electrons. The van der Waals surface area contributed by atoms with E-state index in [0.717, 1.165) is 12.8 Å². The summed E-state index contributed by atoms with van der Waals surface area (Å²) in [6, 6.07) is 19.2. The van der Waals surface area contributed by atoms with Crippen molar-refractivity contribution < 1.29 is 14.1 Å². The first-order chi connectivity index (χ1) is 12.2. The van der Waals surface area contributed by atoms with Gasteiger partial charge in [-0.2, -0.15) is 0 Å². The monoisotopic (exact) mass is 336 g/mol. The summed E-state index contributed by atoms with van der Waals surface area (Å²) < 4.78 is 10.8. The van der Waals surface area contributed by atoms with E-state index in [-0.39, 0.29) is 11.7 Å². The summed E-state index contributed by atoms with van der Waals surface area (Å²) in [6.45, 7) is 2.34. The quantitative estimate of drug-likeness (QED) is 0.655. The van der Waals surface area contributed by atoms with Crippen molar-refractivity contribution in [3.8, 4) is 5.75 Å². The second kappa shape index (κ2) is 8.15. The van der Waals surface area contributed by atoms with E-state index in [4.69, 9.17) is 9.26 Å². The Morgan fingerprint density at radius 1 is 1.12 bits per heavy atom. The topological polar surface area (TPSA) is 64.4 Å². The van der Waals surface area contributed by atoms with Crippen molar-refractivity contribution in [1.29, 1.82) is 0 Å². The molecule has 1 aromatic heterocycles. The van der Waals surface area contributed by atoms with Crippen molar-refractivity contribution in [1.82, 2.24) is 5.16 Å². The zero-order valence-electron chi connectivity index (χ0n) is 14.1. The number of ether oxygens (including phenoxy) is 1. The molecule has 0 atom stereocenters. The van der Waals surface area contributed by atoms with Crippen LogP contribution in [-0.4, -0.2) is 17.7 Å². The number of amides is 1. The molecule has 2 aromatic carbocycles. The molecule has 0 saturated heterocycles. The van der Waals surface area contributed by atoms with Crippen LogP contribution in [0.25, 0.3) is 0 Å². The number of nitrogens with zero attached hydrogens (tertiary/aromatic N) is 1. The summed E-state index contributed by atoms with van der Waals surface area (Å²) in [5, 5.41) is 6.53. The lowest BCUT2D eigenvalue weighted by atomic mass is 10.1. The molecule has 1 heterocycles. The van der Waals surface area contributed by atoms with Gasteiger partial charge in [-0.25, -0.2) is 0 Å². The van der Waals surface area contributed by atoms with Gasteiger partial charge in [0.25, 0.3) is 5.91 Å². The number of hydrogen-bond acceptors (Lipinski definition) is 4. The van der Waals surface area contributed by atoms with Gasteiger partial charge in [-0.05, 0) is 37.5 Å². The molecule has 0 spiro atoms. The molecule has 0 unspecified atom stereocenters. The minimum absolute atomic E-state index is 0.177. The molecule has 0 fully saturated rings. The van der Waals surface area contributed by atoms with Gasteiger partial charge in [-0.1, -0.05) is 47.6 Å². The van der Waals surface area contributed by atoms with E-state index in [2.05, 4.69) is 22.6 Å². The molecule has 0 radical (unpaired) electrons. The van der Waals surface area contributed by atoms with Crippen LogP contribution in [-0.2, 0) is 6.42 Å². The van der Waals surface area contributed by atoms with Crippen molar-refractivity contribution >= 4 is 11.6 Å². The van der Waals surface area contributed by atoms with Gasteiger partial charge in [0.1, 0.15) is 5.75 Å². The summed E-state index contributed by atoms with van der Waals surface area (Å²) >= 11 is 0. The molecule has 0 aliphatic carbocycles. The van der Waals surface area contributed by atoms with Crippen molar-refractivity contribution in [3.05, 3.63) is 77.7 Å². The van der Waals surface area contributed by atoms with Gasteiger partial charge in [0, 0.05) is 6.07 Å². The van der Waals surface area contributed by atoms with Crippen LogP contribution in [0.5, 0.6) is 5.75 Å². The number of nitrogens with one attached hydrogen (secondary N) is 1. The van der Waals surface area contributed by atoms with Gasteiger partial charge >= 0.3 is 0 Å². The molecule has 5 nitrogen and oxygen atoms in total. The van der Waals surface area contributed by atoms with E-state index >= 15 is 0 Å². The third kappa shape index (κ3) is 4.70. The maximum atomic E-state index is 12.2. The molecule has 3 rings (SSSR count). The molecule has 0 aliphatic heterocycles. The lowest BCUT2D eigenvalue weighted by Gasteiger charge is -2.11. The van der Waals surface area contributed by atoms with E-state index < -0.39 is 0 Å². The number of carbonyl (C=O) groups is 1. The second-order valence-corrected chi connectivity index (χ2v) is 5.72. The molecule has 5 heteroatoms. The summed E-state index contributed by atoms with van der Waals surface area (Å²) in [5.41, 5.74) is 2.56. The van der Waals surface area contributed by atoms with E-state index in [1.165, 1.54) is 5.56 Å². The van der Waals surface area contributed by atoms with E-state index in [9.17, 15) is 4.79 Å². The summed E-state index contributed by atoms with van der Waals surface area (Å²) in [6.07, 6.45) is 1.85. The summed E-state index contributed by atoms with van der Waals surface area (Å²) in [4.78, 5) is 12.2. The molecule has 1 N–H and O–H groups in total. The van der Waals surface area contributed by atoms with Crippen LogP contribution in [0.1, 0.15) is 28.2 Å². The lowest BCUT2D eigenvalue weighted by Crippen LogP contribution is -2.12. The first kappa shape index (κ1) is 16.8. The molecular weight excluding hydrogens is 316 g/mol. The summed E-state index contributed by atoms with van der Waals surface area (Å²) in [7, 11) is 0. The minimum Gasteiger partial charge on any atom is -0.491 e. The Hall–Kier alpha value is -3.08. The third-order valence-corrected chi connectivity index (χ3v) is 3.70. The minimum atomic E-state index is -0.346. The number of aryl methyl sites for hydroxylation is 2. The Kier molecular flexibility index (Phi) is 5.46. The molecule has 0 bridgehead atoms. The van der Waals surface area contributed by atoms with Gasteiger partial charge in [-0.3, -0.25) is 4.79 Å². The fourth-order valence-electron chi connectivity index (χ4n) is 2.45. The Bertz CT molecular complexity index is 828. The van der Waals surface area contributed by atoms with Crippen LogP contribution in [0.4, 0.5) is 5.69 Å². The smallest absolute Gasteiger partial charge is 0.294 e. The van der Waals surface area contributed by atoms with Gasteiger partial charge in [-0.15, -0.1) is 0 Å². The maximum Gasteiger partial charge on any atom is 0.294 e. The predicted molar refractivity (Wildman–Crippen MR) is 95.9 cm³/mol. The lowest BCUT2D eigenvalue weighted by molar-refractivity contribution is 0.0987. The number of benzene rings is 2. The third-order valence-electron chi connectivity index (χ3n) is 3.70. The Balaban J connectivity index is 1.56. The van der Waals surface area contributed by atoms with Crippen molar-refractivity contribution in [2.45, 2.75) is 19.8 Å². The largest absolute Gasteiger partial charge is 0.491 e. The Labute approximate surface area is 146 Å². The standard InChI is InChI=1S/C20H20N2O3/c1-15-14-19(25-22-15)20(23)21-17-11-5-6-12-18(17)24-13-7-10-16-8-3-2-4-9-16/h2-6,8-9,11-12,14H,7,10,13H2,1H3,(H,21,23). The highest BCUT2D eigenvalue weighted by atomic mass is 16.5. The maximum absolute atomic E-state index is 12.2. The van der Waals surface area contributed by atoms with E-state index in [1.54, 1.807) is 19.1 Å². The fraction of sp³-hybridized carbons (Fsp3) is 0.200.